The van der Waals surface area contributed by atoms with Crippen molar-refractivity contribution < 1.29 is 14.6 Å². The number of fused-ring (bicyclic) bond motifs is 2. The Kier molecular flexibility index (Phi) is 7.34. The van der Waals surface area contributed by atoms with E-state index in [9.17, 15) is 9.90 Å². The molecule has 0 spiro atoms. The molecule has 2 aromatic rings. The minimum absolute atomic E-state index is 0.0141. The van der Waals surface area contributed by atoms with Crippen LogP contribution in [0.25, 0.3) is 0 Å². The number of piperazine rings is 1. The number of benzene rings is 1. The molecule has 1 unspecified atom stereocenters. The van der Waals surface area contributed by atoms with Gasteiger partial charge in [-0.2, -0.15) is 9.97 Å². The van der Waals surface area contributed by atoms with E-state index in [1.54, 1.807) is 6.07 Å². The van der Waals surface area contributed by atoms with Gasteiger partial charge in [0.05, 0.1) is 5.69 Å². The zero-order valence-electron chi connectivity index (χ0n) is 23.0. The third kappa shape index (κ3) is 5.29. The van der Waals surface area contributed by atoms with E-state index in [4.69, 9.17) is 14.7 Å². The second kappa shape index (κ2) is 11.0. The number of carbonyl (C=O) groups excluding carboxylic acids is 1. The molecule has 0 saturated carbocycles. The Labute approximate surface area is 231 Å². The number of rotatable bonds is 6. The molecule has 6 rings (SSSR count). The van der Waals surface area contributed by atoms with E-state index < -0.39 is 0 Å². The van der Waals surface area contributed by atoms with Crippen LogP contribution in [0.3, 0.4) is 0 Å². The summed E-state index contributed by atoms with van der Waals surface area (Å²) in [6, 6.07) is 6.96. The van der Waals surface area contributed by atoms with E-state index >= 15 is 0 Å². The van der Waals surface area contributed by atoms with Crippen LogP contribution in [0.2, 0.25) is 0 Å². The molecular formula is C30H40N6O3. The minimum Gasteiger partial charge on any atom is -0.508 e. The number of likely N-dealkylation sites (tertiary alicyclic amines) is 1. The zero-order chi connectivity index (χ0) is 26.9. The van der Waals surface area contributed by atoms with E-state index in [0.29, 0.717) is 43.5 Å². The molecular weight excluding hydrogens is 492 g/mol. The number of aryl methyl sites for hydroxylation is 1. The van der Waals surface area contributed by atoms with Crippen molar-refractivity contribution >= 4 is 17.4 Å². The van der Waals surface area contributed by atoms with Gasteiger partial charge in [-0.05, 0) is 69.8 Å². The largest absolute Gasteiger partial charge is 0.508 e. The summed E-state index contributed by atoms with van der Waals surface area (Å²) in [7, 11) is 2.16. The summed E-state index contributed by atoms with van der Waals surface area (Å²) in [5.41, 5.74) is 4.76. The number of aromatic hydroxyl groups is 1. The Morgan fingerprint density at radius 1 is 1.10 bits per heavy atom. The van der Waals surface area contributed by atoms with E-state index in [1.165, 1.54) is 23.6 Å². The van der Waals surface area contributed by atoms with Crippen LogP contribution >= 0.6 is 0 Å². The number of anilines is 2. The van der Waals surface area contributed by atoms with E-state index in [1.807, 2.05) is 11.0 Å². The number of hydrogen-bond donors (Lipinski definition) is 1. The van der Waals surface area contributed by atoms with Gasteiger partial charge in [0.15, 0.2) is 0 Å². The van der Waals surface area contributed by atoms with Gasteiger partial charge in [-0.25, -0.2) is 0 Å². The molecule has 2 atom stereocenters. The predicted octanol–water partition coefficient (Wildman–Crippen LogP) is 2.80. The molecule has 1 amide bonds. The molecule has 1 aromatic carbocycles. The first-order chi connectivity index (χ1) is 19.0. The lowest BCUT2D eigenvalue weighted by Crippen LogP contribution is -2.49. The maximum absolute atomic E-state index is 12.1. The smallest absolute Gasteiger partial charge is 0.318 e. The molecule has 9 nitrogen and oxygen atoms in total. The van der Waals surface area contributed by atoms with Gasteiger partial charge in [-0.3, -0.25) is 4.79 Å². The number of phenolic OH excluding ortho intramolecular Hbond substituents is 1. The average Bonchev–Trinajstić information content (AvgIpc) is 3.39. The van der Waals surface area contributed by atoms with Gasteiger partial charge in [0.1, 0.15) is 18.2 Å². The summed E-state index contributed by atoms with van der Waals surface area (Å²) < 4.78 is 6.27. The molecule has 0 bridgehead atoms. The summed E-state index contributed by atoms with van der Waals surface area (Å²) in [5.74, 6) is 1.28. The number of nitrogens with zero attached hydrogens (tertiary/aromatic N) is 6. The third-order valence-electron chi connectivity index (χ3n) is 9.01. The number of aromatic nitrogens is 2. The molecule has 2 saturated heterocycles. The van der Waals surface area contributed by atoms with Crippen molar-refractivity contribution in [3.8, 4) is 11.8 Å². The van der Waals surface area contributed by atoms with Gasteiger partial charge in [-0.15, -0.1) is 0 Å². The average molecular weight is 533 g/mol. The third-order valence-corrected chi connectivity index (χ3v) is 9.01. The fourth-order valence-corrected chi connectivity index (χ4v) is 6.75. The van der Waals surface area contributed by atoms with Crippen LogP contribution in [0.1, 0.15) is 42.5 Å². The highest BCUT2D eigenvalue weighted by atomic mass is 16.5. The van der Waals surface area contributed by atoms with Crippen LogP contribution in [-0.2, 0) is 24.1 Å². The van der Waals surface area contributed by atoms with Gasteiger partial charge in [0.2, 0.25) is 5.91 Å². The van der Waals surface area contributed by atoms with Crippen molar-refractivity contribution in [2.75, 3.05) is 62.7 Å². The standard InChI is InChI=1S/C30H40N6O3/c1-3-28(38)34-14-16-35(17-15-34)29-25-11-9-22(36-13-4-6-21-8-10-24(37)19-27(21)36)18-26(25)31-30(32-29)39-20-23-7-5-12-33(23)2/h3,8,10,19,22-23,37H,1,4-7,9,11-18,20H2,2H3/t22?,23-/m0/s1. The van der Waals surface area contributed by atoms with Crippen LogP contribution in [0.4, 0.5) is 11.5 Å². The zero-order valence-corrected chi connectivity index (χ0v) is 23.0. The highest BCUT2D eigenvalue weighted by Gasteiger charge is 2.33. The first-order valence-corrected chi connectivity index (χ1v) is 14.5. The normalized spacial score (nSPS) is 23.4. The van der Waals surface area contributed by atoms with Crippen molar-refractivity contribution in [3.05, 3.63) is 47.7 Å². The molecule has 2 fully saturated rings. The second-order valence-electron chi connectivity index (χ2n) is 11.4. The lowest BCUT2D eigenvalue weighted by Gasteiger charge is -2.41. The molecule has 0 radical (unpaired) electrons. The molecule has 9 heteroatoms. The molecule has 4 aliphatic rings. The van der Waals surface area contributed by atoms with E-state index in [2.05, 4.69) is 34.4 Å². The molecule has 208 valence electrons. The Bertz CT molecular complexity index is 1230. The second-order valence-corrected chi connectivity index (χ2v) is 11.4. The molecule has 3 aliphatic heterocycles. The monoisotopic (exact) mass is 532 g/mol. The maximum atomic E-state index is 12.1. The number of phenols is 1. The number of hydrogen-bond acceptors (Lipinski definition) is 8. The van der Waals surface area contributed by atoms with E-state index in [0.717, 1.165) is 81.9 Å². The highest BCUT2D eigenvalue weighted by molar-refractivity contribution is 5.87. The number of likely N-dealkylation sites (N-methyl/N-ethyl adjacent to an activating group) is 1. The Hall–Kier alpha value is -3.33. The van der Waals surface area contributed by atoms with Gasteiger partial charge < -0.3 is 29.4 Å². The van der Waals surface area contributed by atoms with Crippen molar-refractivity contribution in [3.63, 3.8) is 0 Å². The minimum atomic E-state index is -0.0141. The predicted molar refractivity (Wildman–Crippen MR) is 152 cm³/mol. The van der Waals surface area contributed by atoms with Gasteiger partial charge >= 0.3 is 6.01 Å². The quantitative estimate of drug-likeness (QED) is 0.569. The maximum Gasteiger partial charge on any atom is 0.318 e. The Balaban J connectivity index is 1.27. The summed E-state index contributed by atoms with van der Waals surface area (Å²) in [6.07, 6.45) is 8.64. The van der Waals surface area contributed by atoms with Crippen molar-refractivity contribution in [2.45, 2.75) is 57.0 Å². The Morgan fingerprint density at radius 3 is 2.72 bits per heavy atom. The fraction of sp³-hybridized carbons (Fsp3) is 0.567. The fourth-order valence-electron chi connectivity index (χ4n) is 6.75. The molecule has 1 aliphatic carbocycles. The molecule has 39 heavy (non-hydrogen) atoms. The first-order valence-electron chi connectivity index (χ1n) is 14.5. The molecule has 1 N–H and O–H groups in total. The lowest BCUT2D eigenvalue weighted by atomic mass is 9.88. The van der Waals surface area contributed by atoms with Gasteiger partial charge in [-0.1, -0.05) is 12.6 Å². The van der Waals surface area contributed by atoms with E-state index in [-0.39, 0.29) is 5.91 Å². The SMILES string of the molecule is C=CC(=O)N1CCN(c2nc(OC[C@@H]3CCCN3C)nc3c2CCC(N2CCCc4ccc(O)cc42)C3)CC1. The van der Waals surface area contributed by atoms with Crippen molar-refractivity contribution in [1.82, 2.24) is 19.8 Å². The first kappa shape index (κ1) is 25.9. The molecule has 1 aromatic heterocycles. The van der Waals surface area contributed by atoms with Gasteiger partial charge in [0, 0.05) is 68.5 Å². The number of amides is 1. The van der Waals surface area contributed by atoms with Crippen LogP contribution in [-0.4, -0.2) is 95.8 Å². The topological polar surface area (TPSA) is 85.3 Å². The number of ether oxygens (including phenoxy) is 1. The Morgan fingerprint density at radius 2 is 1.95 bits per heavy atom. The van der Waals surface area contributed by atoms with Crippen LogP contribution < -0.4 is 14.5 Å². The lowest BCUT2D eigenvalue weighted by molar-refractivity contribution is -0.126. The summed E-state index contributed by atoms with van der Waals surface area (Å²) in [5, 5.41) is 10.2. The van der Waals surface area contributed by atoms with Crippen LogP contribution in [0.15, 0.2) is 30.9 Å². The summed E-state index contributed by atoms with van der Waals surface area (Å²) in [4.78, 5) is 31.1. The van der Waals surface area contributed by atoms with Crippen molar-refractivity contribution in [2.24, 2.45) is 0 Å². The van der Waals surface area contributed by atoms with Crippen LogP contribution in [0.5, 0.6) is 11.8 Å². The van der Waals surface area contributed by atoms with Crippen molar-refractivity contribution in [1.29, 1.82) is 0 Å². The summed E-state index contributed by atoms with van der Waals surface area (Å²) in [6.45, 7) is 9.11. The van der Waals surface area contributed by atoms with Crippen LogP contribution in [0, 0.1) is 0 Å². The molecule has 4 heterocycles. The highest BCUT2D eigenvalue weighted by Crippen LogP contribution is 2.37. The van der Waals surface area contributed by atoms with Gasteiger partial charge in [0.25, 0.3) is 0 Å². The summed E-state index contributed by atoms with van der Waals surface area (Å²) >= 11 is 0. The number of carbonyl (C=O) groups is 1.